The van der Waals surface area contributed by atoms with Crippen LogP contribution in [0.1, 0.15) is 17.3 Å². The molecule has 2 rings (SSSR count). The van der Waals surface area contributed by atoms with Gasteiger partial charge in [-0.05, 0) is 30.7 Å². The normalized spacial score (nSPS) is 11.9. The number of carbonyl (C=O) groups is 1. The predicted molar refractivity (Wildman–Crippen MR) is 78.7 cm³/mol. The van der Waals surface area contributed by atoms with Crippen LogP contribution in [0, 0.1) is 0 Å². The Balaban J connectivity index is 2.19. The summed E-state index contributed by atoms with van der Waals surface area (Å²) in [7, 11) is 0. The third-order valence-electron chi connectivity index (χ3n) is 2.74. The quantitative estimate of drug-likeness (QED) is 0.909. The Morgan fingerprint density at radius 3 is 2.65 bits per heavy atom. The van der Waals surface area contributed by atoms with E-state index < -0.39 is 6.10 Å². The number of nitrogens with one attached hydrogen (secondary N) is 1. The molecule has 5 heteroatoms. The van der Waals surface area contributed by atoms with Crippen molar-refractivity contribution in [2.45, 2.75) is 13.0 Å². The lowest BCUT2D eigenvalue weighted by molar-refractivity contribution is 0.0923. The number of amides is 1. The molecule has 2 N–H and O–H groups in total. The van der Waals surface area contributed by atoms with Crippen molar-refractivity contribution in [1.29, 1.82) is 0 Å². The fraction of sp³-hybridized carbons (Fsp3) is 0.200. The SMILES string of the molecule is CC(O)CNC(=O)c1cncc(-c2ccc(Cl)cc2)c1. The molecule has 4 nitrogen and oxygen atoms in total. The zero-order chi connectivity index (χ0) is 14.5. The van der Waals surface area contributed by atoms with Crippen molar-refractivity contribution in [3.05, 3.63) is 53.3 Å². The number of aliphatic hydroxyl groups excluding tert-OH is 1. The van der Waals surface area contributed by atoms with Crippen molar-refractivity contribution in [2.24, 2.45) is 0 Å². The standard InChI is InChI=1S/C15H15ClN2O2/c1-10(19)7-18-15(20)13-6-12(8-17-9-13)11-2-4-14(16)5-3-11/h2-6,8-10,19H,7H2,1H3,(H,18,20). The molecule has 1 amide bonds. The molecule has 0 spiro atoms. The van der Waals surface area contributed by atoms with Crippen LogP contribution in [0.25, 0.3) is 11.1 Å². The predicted octanol–water partition coefficient (Wildman–Crippen LogP) is 2.51. The molecule has 0 radical (unpaired) electrons. The Labute approximate surface area is 122 Å². The van der Waals surface area contributed by atoms with E-state index in [2.05, 4.69) is 10.3 Å². The number of hydrogen-bond donors (Lipinski definition) is 2. The average molecular weight is 291 g/mol. The summed E-state index contributed by atoms with van der Waals surface area (Å²) in [6, 6.07) is 9.08. The topological polar surface area (TPSA) is 62.2 Å². The van der Waals surface area contributed by atoms with Gasteiger partial charge in [0, 0.05) is 29.5 Å². The molecule has 1 atom stereocenters. The summed E-state index contributed by atoms with van der Waals surface area (Å²) in [4.78, 5) is 16.0. The summed E-state index contributed by atoms with van der Waals surface area (Å²) in [5, 5.41) is 12.5. The lowest BCUT2D eigenvalue weighted by Crippen LogP contribution is -2.30. The van der Waals surface area contributed by atoms with E-state index in [4.69, 9.17) is 16.7 Å². The molecule has 0 bridgehead atoms. The summed E-state index contributed by atoms with van der Waals surface area (Å²) in [5.41, 5.74) is 2.23. The molecule has 0 aliphatic carbocycles. The van der Waals surface area contributed by atoms with Crippen LogP contribution in [0.5, 0.6) is 0 Å². The van der Waals surface area contributed by atoms with Crippen molar-refractivity contribution in [3.63, 3.8) is 0 Å². The van der Waals surface area contributed by atoms with Crippen LogP contribution in [-0.2, 0) is 0 Å². The number of hydrogen-bond acceptors (Lipinski definition) is 3. The first kappa shape index (κ1) is 14.5. The van der Waals surface area contributed by atoms with E-state index in [-0.39, 0.29) is 12.5 Å². The third kappa shape index (κ3) is 3.79. The Hall–Kier alpha value is -1.91. The van der Waals surface area contributed by atoms with E-state index in [0.717, 1.165) is 11.1 Å². The van der Waals surface area contributed by atoms with Gasteiger partial charge in [-0.2, -0.15) is 0 Å². The molecule has 1 aromatic heterocycles. The van der Waals surface area contributed by atoms with Crippen molar-refractivity contribution in [1.82, 2.24) is 10.3 Å². The van der Waals surface area contributed by atoms with Gasteiger partial charge >= 0.3 is 0 Å². The molecule has 0 aliphatic heterocycles. The minimum absolute atomic E-state index is 0.212. The fourth-order valence-corrected chi connectivity index (χ4v) is 1.83. The minimum Gasteiger partial charge on any atom is -0.392 e. The number of carbonyl (C=O) groups excluding carboxylic acids is 1. The second kappa shape index (κ2) is 6.50. The van der Waals surface area contributed by atoms with Crippen LogP contribution in [0.4, 0.5) is 0 Å². The molecule has 1 unspecified atom stereocenters. The zero-order valence-electron chi connectivity index (χ0n) is 11.0. The van der Waals surface area contributed by atoms with Crippen molar-refractivity contribution >= 4 is 17.5 Å². The number of halogens is 1. The van der Waals surface area contributed by atoms with Gasteiger partial charge in [0.15, 0.2) is 0 Å². The molecule has 2 aromatic rings. The summed E-state index contributed by atoms with van der Waals surface area (Å²) >= 11 is 5.85. The molecule has 1 heterocycles. The molecular weight excluding hydrogens is 276 g/mol. The highest BCUT2D eigenvalue weighted by Crippen LogP contribution is 2.21. The second-order valence-electron chi connectivity index (χ2n) is 4.53. The van der Waals surface area contributed by atoms with Gasteiger partial charge in [0.2, 0.25) is 0 Å². The maximum absolute atomic E-state index is 11.9. The Kier molecular flexibility index (Phi) is 4.71. The van der Waals surface area contributed by atoms with Crippen LogP contribution >= 0.6 is 11.6 Å². The highest BCUT2D eigenvalue weighted by atomic mass is 35.5. The average Bonchev–Trinajstić information content (AvgIpc) is 2.45. The second-order valence-corrected chi connectivity index (χ2v) is 4.96. The number of benzene rings is 1. The Morgan fingerprint density at radius 1 is 1.30 bits per heavy atom. The van der Waals surface area contributed by atoms with E-state index in [1.54, 1.807) is 31.3 Å². The third-order valence-corrected chi connectivity index (χ3v) is 2.99. The van der Waals surface area contributed by atoms with Crippen molar-refractivity contribution in [2.75, 3.05) is 6.54 Å². The zero-order valence-corrected chi connectivity index (χ0v) is 11.8. The van der Waals surface area contributed by atoms with Crippen LogP contribution < -0.4 is 5.32 Å². The molecule has 104 valence electrons. The van der Waals surface area contributed by atoms with Gasteiger partial charge in [0.1, 0.15) is 0 Å². The highest BCUT2D eigenvalue weighted by Gasteiger charge is 2.08. The first-order chi connectivity index (χ1) is 9.56. The van der Waals surface area contributed by atoms with Gasteiger partial charge in [0.25, 0.3) is 5.91 Å². The van der Waals surface area contributed by atoms with Crippen LogP contribution in [-0.4, -0.2) is 28.6 Å². The minimum atomic E-state index is -0.577. The number of aromatic nitrogens is 1. The van der Waals surface area contributed by atoms with Gasteiger partial charge in [-0.15, -0.1) is 0 Å². The molecule has 0 fully saturated rings. The van der Waals surface area contributed by atoms with Crippen molar-refractivity contribution < 1.29 is 9.90 Å². The first-order valence-electron chi connectivity index (χ1n) is 6.23. The summed E-state index contributed by atoms with van der Waals surface area (Å²) < 4.78 is 0. The van der Waals surface area contributed by atoms with Crippen LogP contribution in [0.2, 0.25) is 5.02 Å². The largest absolute Gasteiger partial charge is 0.392 e. The summed E-state index contributed by atoms with van der Waals surface area (Å²) in [6.07, 6.45) is 2.61. The first-order valence-corrected chi connectivity index (χ1v) is 6.61. The molecule has 0 aliphatic rings. The molecule has 0 saturated carbocycles. The maximum Gasteiger partial charge on any atom is 0.252 e. The van der Waals surface area contributed by atoms with Gasteiger partial charge in [-0.3, -0.25) is 9.78 Å². The highest BCUT2D eigenvalue weighted by molar-refractivity contribution is 6.30. The van der Waals surface area contributed by atoms with E-state index in [1.807, 2.05) is 12.1 Å². The molecule has 1 aromatic carbocycles. The van der Waals surface area contributed by atoms with Crippen molar-refractivity contribution in [3.8, 4) is 11.1 Å². The number of pyridine rings is 1. The number of nitrogens with zero attached hydrogens (tertiary/aromatic N) is 1. The van der Waals surface area contributed by atoms with E-state index in [1.165, 1.54) is 6.20 Å². The Morgan fingerprint density at radius 2 is 2.00 bits per heavy atom. The number of rotatable bonds is 4. The summed E-state index contributed by atoms with van der Waals surface area (Å²) in [5.74, 6) is -0.255. The van der Waals surface area contributed by atoms with Crippen LogP contribution in [0.3, 0.4) is 0 Å². The van der Waals surface area contributed by atoms with E-state index in [0.29, 0.717) is 10.6 Å². The molecular formula is C15H15ClN2O2. The summed E-state index contributed by atoms with van der Waals surface area (Å²) in [6.45, 7) is 1.83. The molecule has 20 heavy (non-hydrogen) atoms. The number of aliphatic hydroxyl groups is 1. The van der Waals surface area contributed by atoms with Gasteiger partial charge in [0.05, 0.1) is 11.7 Å². The fourth-order valence-electron chi connectivity index (χ4n) is 1.71. The van der Waals surface area contributed by atoms with Gasteiger partial charge in [-0.25, -0.2) is 0 Å². The monoisotopic (exact) mass is 290 g/mol. The van der Waals surface area contributed by atoms with E-state index in [9.17, 15) is 4.79 Å². The Bertz CT molecular complexity index is 597. The lowest BCUT2D eigenvalue weighted by atomic mass is 10.1. The van der Waals surface area contributed by atoms with Gasteiger partial charge in [-0.1, -0.05) is 23.7 Å². The van der Waals surface area contributed by atoms with E-state index >= 15 is 0 Å². The lowest BCUT2D eigenvalue weighted by Gasteiger charge is -2.08. The van der Waals surface area contributed by atoms with Gasteiger partial charge < -0.3 is 10.4 Å². The maximum atomic E-state index is 11.9. The smallest absolute Gasteiger partial charge is 0.252 e. The molecule has 0 saturated heterocycles. The van der Waals surface area contributed by atoms with Crippen LogP contribution in [0.15, 0.2) is 42.7 Å².